The van der Waals surface area contributed by atoms with Crippen molar-refractivity contribution in [2.75, 3.05) is 30.9 Å². The molecule has 1 aliphatic carbocycles. The molecule has 1 aromatic rings. The summed E-state index contributed by atoms with van der Waals surface area (Å²) < 4.78 is 0. The number of aliphatic hydroxyl groups excluding tert-OH is 1. The van der Waals surface area contributed by atoms with Crippen molar-refractivity contribution in [1.82, 2.24) is 15.0 Å². The molecule has 94 valence electrons. The summed E-state index contributed by atoms with van der Waals surface area (Å²) in [6, 6.07) is 0. The maximum atomic E-state index is 9.37. The van der Waals surface area contributed by atoms with Gasteiger partial charge in [-0.25, -0.2) is 0 Å². The number of aromatic nitrogens is 3. The lowest BCUT2D eigenvalue weighted by molar-refractivity contribution is 0.143. The van der Waals surface area contributed by atoms with Crippen LogP contribution in [0.1, 0.15) is 19.3 Å². The average Bonchev–Trinajstić information content (AvgIpc) is 2.22. The first-order chi connectivity index (χ1) is 8.04. The Kier molecular flexibility index (Phi) is 3.35. The number of nitrogens with zero attached hydrogens (tertiary/aromatic N) is 4. The zero-order chi connectivity index (χ0) is 12.5. The van der Waals surface area contributed by atoms with Gasteiger partial charge in [0.25, 0.3) is 0 Å². The van der Waals surface area contributed by atoms with Crippen LogP contribution < -0.4 is 10.2 Å². The molecule has 0 aliphatic heterocycles. The molecular formula is C10H16ClN5O. The summed E-state index contributed by atoms with van der Waals surface area (Å²) in [5, 5.41) is 12.7. The second kappa shape index (κ2) is 4.62. The van der Waals surface area contributed by atoms with Gasteiger partial charge in [0.15, 0.2) is 0 Å². The molecule has 0 unspecified atom stereocenters. The lowest BCUT2D eigenvalue weighted by Crippen LogP contribution is -2.48. The van der Waals surface area contributed by atoms with Gasteiger partial charge in [-0.1, -0.05) is 0 Å². The summed E-state index contributed by atoms with van der Waals surface area (Å²) in [5.74, 6) is 0.919. The molecule has 2 rings (SSSR count). The Labute approximate surface area is 105 Å². The smallest absolute Gasteiger partial charge is 0.230 e. The highest BCUT2D eigenvalue weighted by Crippen LogP contribution is 2.34. The summed E-state index contributed by atoms with van der Waals surface area (Å²) in [5.41, 5.74) is -0.283. The fourth-order valence-electron chi connectivity index (χ4n) is 1.76. The maximum Gasteiger partial charge on any atom is 0.230 e. The van der Waals surface area contributed by atoms with Crippen molar-refractivity contribution in [3.63, 3.8) is 0 Å². The van der Waals surface area contributed by atoms with Crippen LogP contribution in [0.25, 0.3) is 0 Å². The van der Waals surface area contributed by atoms with Crippen molar-refractivity contribution in [3.8, 4) is 0 Å². The molecule has 1 heterocycles. The van der Waals surface area contributed by atoms with Gasteiger partial charge in [-0.3, -0.25) is 0 Å². The topological polar surface area (TPSA) is 74.2 Å². The van der Waals surface area contributed by atoms with E-state index in [1.807, 2.05) is 14.1 Å². The summed E-state index contributed by atoms with van der Waals surface area (Å²) in [7, 11) is 3.67. The number of hydrogen-bond donors (Lipinski definition) is 2. The van der Waals surface area contributed by atoms with E-state index in [4.69, 9.17) is 11.6 Å². The van der Waals surface area contributed by atoms with Gasteiger partial charge in [-0.2, -0.15) is 15.0 Å². The van der Waals surface area contributed by atoms with Crippen LogP contribution in [0.3, 0.4) is 0 Å². The molecule has 0 amide bonds. The van der Waals surface area contributed by atoms with Crippen molar-refractivity contribution in [2.45, 2.75) is 24.8 Å². The van der Waals surface area contributed by atoms with Crippen molar-refractivity contribution in [2.24, 2.45) is 0 Å². The molecule has 1 saturated carbocycles. The van der Waals surface area contributed by atoms with E-state index in [2.05, 4.69) is 20.3 Å². The Morgan fingerprint density at radius 3 is 2.53 bits per heavy atom. The number of anilines is 2. The Hall–Kier alpha value is -1.14. The van der Waals surface area contributed by atoms with E-state index in [9.17, 15) is 5.11 Å². The minimum Gasteiger partial charge on any atom is -0.394 e. The molecule has 0 saturated heterocycles. The average molecular weight is 258 g/mol. The third-order valence-electron chi connectivity index (χ3n) is 2.99. The number of aliphatic hydroxyl groups is 1. The first-order valence-corrected chi connectivity index (χ1v) is 5.90. The third-order valence-corrected chi connectivity index (χ3v) is 3.16. The minimum absolute atomic E-state index is 0.0770. The predicted octanol–water partition coefficient (Wildman–Crippen LogP) is 0.918. The first-order valence-electron chi connectivity index (χ1n) is 5.53. The van der Waals surface area contributed by atoms with Crippen LogP contribution in [-0.2, 0) is 0 Å². The Morgan fingerprint density at radius 1 is 1.35 bits per heavy atom. The Morgan fingerprint density at radius 2 is 2.06 bits per heavy atom. The van der Waals surface area contributed by atoms with Gasteiger partial charge in [0, 0.05) is 14.1 Å². The number of halogens is 1. The molecular weight excluding hydrogens is 242 g/mol. The molecule has 0 radical (unpaired) electrons. The Balaban J connectivity index is 2.20. The molecule has 7 heteroatoms. The van der Waals surface area contributed by atoms with Gasteiger partial charge in [0.1, 0.15) is 0 Å². The number of rotatable bonds is 4. The fraction of sp³-hybridized carbons (Fsp3) is 0.700. The molecule has 0 atom stereocenters. The van der Waals surface area contributed by atoms with Crippen molar-refractivity contribution in [3.05, 3.63) is 5.28 Å². The van der Waals surface area contributed by atoms with E-state index in [0.29, 0.717) is 11.9 Å². The molecule has 1 fully saturated rings. The van der Waals surface area contributed by atoms with E-state index >= 15 is 0 Å². The normalized spacial score (nSPS) is 17.4. The number of hydrogen-bond acceptors (Lipinski definition) is 6. The SMILES string of the molecule is CN(C)c1nc(Cl)nc(NC2(CO)CCC2)n1. The van der Waals surface area contributed by atoms with E-state index in [-0.39, 0.29) is 17.4 Å². The second-order valence-corrected chi connectivity index (χ2v) is 4.88. The van der Waals surface area contributed by atoms with Crippen molar-refractivity contribution in [1.29, 1.82) is 0 Å². The summed E-state index contributed by atoms with van der Waals surface area (Å²) in [6.45, 7) is 0.0770. The quantitative estimate of drug-likeness (QED) is 0.836. The molecule has 1 aromatic heterocycles. The molecule has 0 aromatic carbocycles. The minimum atomic E-state index is -0.283. The third kappa shape index (κ3) is 2.58. The van der Waals surface area contributed by atoms with Gasteiger partial charge in [-0.05, 0) is 30.9 Å². The van der Waals surface area contributed by atoms with Crippen molar-refractivity contribution < 1.29 is 5.11 Å². The van der Waals surface area contributed by atoms with Crippen LogP contribution in [0, 0.1) is 0 Å². The molecule has 6 nitrogen and oxygen atoms in total. The molecule has 0 bridgehead atoms. The monoisotopic (exact) mass is 257 g/mol. The number of nitrogens with one attached hydrogen (secondary N) is 1. The highest BCUT2D eigenvalue weighted by molar-refractivity contribution is 6.28. The van der Waals surface area contributed by atoms with Crippen LogP contribution in [0.5, 0.6) is 0 Å². The zero-order valence-corrected chi connectivity index (χ0v) is 10.7. The fourth-order valence-corrected chi connectivity index (χ4v) is 1.91. The maximum absolute atomic E-state index is 9.37. The van der Waals surface area contributed by atoms with Crippen LogP contribution in [0.2, 0.25) is 5.28 Å². The van der Waals surface area contributed by atoms with Gasteiger partial charge >= 0.3 is 0 Å². The summed E-state index contributed by atoms with van der Waals surface area (Å²) >= 11 is 5.84. The first kappa shape index (κ1) is 12.3. The van der Waals surface area contributed by atoms with Gasteiger partial charge in [0.05, 0.1) is 12.1 Å². The van der Waals surface area contributed by atoms with Crippen LogP contribution in [-0.4, -0.2) is 46.3 Å². The molecule has 1 aliphatic rings. The van der Waals surface area contributed by atoms with E-state index in [1.54, 1.807) is 4.90 Å². The lowest BCUT2D eigenvalue weighted by Gasteiger charge is -2.40. The van der Waals surface area contributed by atoms with Gasteiger partial charge < -0.3 is 15.3 Å². The lowest BCUT2D eigenvalue weighted by atomic mass is 9.77. The van der Waals surface area contributed by atoms with Gasteiger partial charge in [0.2, 0.25) is 17.2 Å². The summed E-state index contributed by atoms with van der Waals surface area (Å²) in [6.07, 6.45) is 2.95. The largest absolute Gasteiger partial charge is 0.394 e. The van der Waals surface area contributed by atoms with E-state index in [1.165, 1.54) is 0 Å². The Bertz CT molecular complexity index is 402. The highest BCUT2D eigenvalue weighted by Gasteiger charge is 2.37. The summed E-state index contributed by atoms with van der Waals surface area (Å²) in [4.78, 5) is 14.0. The molecule has 17 heavy (non-hydrogen) atoms. The van der Waals surface area contributed by atoms with Crippen molar-refractivity contribution >= 4 is 23.5 Å². The second-order valence-electron chi connectivity index (χ2n) is 4.54. The van der Waals surface area contributed by atoms with Crippen LogP contribution in [0.15, 0.2) is 0 Å². The predicted molar refractivity (Wildman–Crippen MR) is 66.5 cm³/mol. The van der Waals surface area contributed by atoms with Crippen LogP contribution >= 0.6 is 11.6 Å². The van der Waals surface area contributed by atoms with Crippen LogP contribution in [0.4, 0.5) is 11.9 Å². The molecule has 2 N–H and O–H groups in total. The highest BCUT2D eigenvalue weighted by atomic mass is 35.5. The molecule has 0 spiro atoms. The zero-order valence-electron chi connectivity index (χ0n) is 9.94. The van der Waals surface area contributed by atoms with E-state index in [0.717, 1.165) is 19.3 Å². The standard InChI is InChI=1S/C10H16ClN5O/c1-16(2)9-13-7(11)12-8(14-9)15-10(6-17)4-3-5-10/h17H,3-6H2,1-2H3,(H,12,13,14,15). The van der Waals surface area contributed by atoms with Gasteiger partial charge in [-0.15, -0.1) is 0 Å². The van der Waals surface area contributed by atoms with E-state index < -0.39 is 0 Å².